The standard InChI is InChI=1S/C20H23N3O4/c1-13-7-16(24)9-20(27)22(13)6-5-18(25)21-10-14-8-15(12-21)17-3-2-4-19(26)23(17)11-14/h2-4,7,9,14-15,24H,5-6,8,10-12H2,1H3/t14-,15+/m1/s1. The number of hydrogen-bond donors (Lipinski definition) is 1. The van der Waals surface area contributed by atoms with Crippen LogP contribution in [-0.4, -0.2) is 38.1 Å². The van der Waals surface area contributed by atoms with Gasteiger partial charge in [-0.05, 0) is 31.4 Å². The van der Waals surface area contributed by atoms with Crippen molar-refractivity contribution < 1.29 is 9.90 Å². The van der Waals surface area contributed by atoms with E-state index < -0.39 is 0 Å². The van der Waals surface area contributed by atoms with Gasteiger partial charge in [-0.25, -0.2) is 0 Å². The van der Waals surface area contributed by atoms with Crippen LogP contribution in [0.3, 0.4) is 0 Å². The van der Waals surface area contributed by atoms with E-state index >= 15 is 0 Å². The number of rotatable bonds is 3. The molecule has 2 aromatic heterocycles. The molecule has 0 unspecified atom stereocenters. The molecule has 0 spiro atoms. The summed E-state index contributed by atoms with van der Waals surface area (Å²) in [6.07, 6.45) is 1.25. The van der Waals surface area contributed by atoms with Crippen molar-refractivity contribution in [1.82, 2.24) is 14.0 Å². The quantitative estimate of drug-likeness (QED) is 0.877. The number of likely N-dealkylation sites (tertiary alicyclic amines) is 1. The van der Waals surface area contributed by atoms with Gasteiger partial charge in [0.05, 0.1) is 0 Å². The van der Waals surface area contributed by atoms with Gasteiger partial charge < -0.3 is 19.1 Å². The van der Waals surface area contributed by atoms with Gasteiger partial charge in [0.15, 0.2) is 0 Å². The molecule has 4 heterocycles. The molecule has 1 N–H and O–H groups in total. The molecular formula is C20H23N3O4. The Bertz CT molecular complexity index is 1010. The highest BCUT2D eigenvalue weighted by Crippen LogP contribution is 2.35. The van der Waals surface area contributed by atoms with Crippen molar-refractivity contribution in [2.45, 2.75) is 38.8 Å². The highest BCUT2D eigenvalue weighted by molar-refractivity contribution is 5.76. The Balaban J connectivity index is 1.47. The average molecular weight is 369 g/mol. The monoisotopic (exact) mass is 369 g/mol. The summed E-state index contributed by atoms with van der Waals surface area (Å²) >= 11 is 0. The van der Waals surface area contributed by atoms with Crippen molar-refractivity contribution in [2.24, 2.45) is 5.92 Å². The first-order chi connectivity index (χ1) is 12.9. The number of carbonyl (C=O) groups excluding carboxylic acids is 1. The normalized spacial score (nSPS) is 21.0. The molecule has 2 aliphatic heterocycles. The number of carbonyl (C=O) groups is 1. The molecule has 142 valence electrons. The zero-order valence-electron chi connectivity index (χ0n) is 15.3. The van der Waals surface area contributed by atoms with Gasteiger partial charge in [-0.1, -0.05) is 6.07 Å². The minimum Gasteiger partial charge on any atom is -0.508 e. The lowest BCUT2D eigenvalue weighted by Crippen LogP contribution is -2.49. The van der Waals surface area contributed by atoms with Crippen LogP contribution in [-0.2, 0) is 17.9 Å². The van der Waals surface area contributed by atoms with Gasteiger partial charge in [0.2, 0.25) is 5.91 Å². The number of aromatic hydroxyl groups is 1. The molecule has 0 radical (unpaired) electrons. The van der Waals surface area contributed by atoms with Crippen LogP contribution >= 0.6 is 0 Å². The molecule has 1 saturated heterocycles. The van der Waals surface area contributed by atoms with E-state index in [2.05, 4.69) is 0 Å². The van der Waals surface area contributed by atoms with Crippen molar-refractivity contribution in [2.75, 3.05) is 13.1 Å². The summed E-state index contributed by atoms with van der Waals surface area (Å²) < 4.78 is 3.36. The Kier molecular flexibility index (Phi) is 4.37. The first-order valence-corrected chi connectivity index (χ1v) is 9.30. The molecule has 2 aliphatic rings. The topological polar surface area (TPSA) is 84.5 Å². The van der Waals surface area contributed by atoms with Crippen molar-refractivity contribution in [3.63, 3.8) is 0 Å². The maximum atomic E-state index is 12.8. The molecule has 0 saturated carbocycles. The summed E-state index contributed by atoms with van der Waals surface area (Å²) in [5.41, 5.74) is 1.38. The van der Waals surface area contributed by atoms with Gasteiger partial charge in [0.25, 0.3) is 11.1 Å². The SMILES string of the molecule is Cc1cc(O)cc(=O)n1CCC(=O)N1C[C@H]2C[C@@H](C1)c1cccc(=O)n1C2. The molecule has 27 heavy (non-hydrogen) atoms. The maximum absolute atomic E-state index is 12.8. The van der Waals surface area contributed by atoms with E-state index in [0.29, 0.717) is 37.8 Å². The highest BCUT2D eigenvalue weighted by Gasteiger charge is 2.35. The van der Waals surface area contributed by atoms with Crippen molar-refractivity contribution >= 4 is 5.91 Å². The van der Waals surface area contributed by atoms with Gasteiger partial charge in [0.1, 0.15) is 5.75 Å². The number of hydrogen-bond acceptors (Lipinski definition) is 4. The Morgan fingerprint density at radius 3 is 2.74 bits per heavy atom. The van der Waals surface area contributed by atoms with Crippen LogP contribution in [0.2, 0.25) is 0 Å². The van der Waals surface area contributed by atoms with Gasteiger partial charge in [0, 0.05) is 62.0 Å². The predicted molar refractivity (Wildman–Crippen MR) is 99.9 cm³/mol. The summed E-state index contributed by atoms with van der Waals surface area (Å²) in [5, 5.41) is 9.48. The van der Waals surface area contributed by atoms with E-state index in [0.717, 1.165) is 18.2 Å². The maximum Gasteiger partial charge on any atom is 0.254 e. The molecular weight excluding hydrogens is 346 g/mol. The molecule has 1 fully saturated rings. The fourth-order valence-corrected chi connectivity index (χ4v) is 4.46. The lowest BCUT2D eigenvalue weighted by molar-refractivity contribution is -0.134. The summed E-state index contributed by atoms with van der Waals surface area (Å²) in [5.74, 6) is 0.445. The van der Waals surface area contributed by atoms with Crippen LogP contribution in [0.25, 0.3) is 0 Å². The van der Waals surface area contributed by atoms with Crippen LogP contribution in [0, 0.1) is 12.8 Å². The minimum absolute atomic E-state index is 0.0239. The van der Waals surface area contributed by atoms with E-state index in [1.165, 1.54) is 10.6 Å². The van der Waals surface area contributed by atoms with Crippen LogP contribution in [0.5, 0.6) is 5.75 Å². The number of piperidine rings is 1. The third-order valence-electron chi connectivity index (χ3n) is 5.70. The Labute approximate surface area is 156 Å². The van der Waals surface area contributed by atoms with E-state index in [1.54, 1.807) is 19.1 Å². The number of nitrogens with zero attached hydrogens (tertiary/aromatic N) is 3. The second-order valence-corrected chi connectivity index (χ2v) is 7.59. The number of fused-ring (bicyclic) bond motifs is 4. The van der Waals surface area contributed by atoms with Crippen LogP contribution in [0.15, 0.2) is 39.9 Å². The van der Waals surface area contributed by atoms with Gasteiger partial charge >= 0.3 is 0 Å². The Morgan fingerprint density at radius 1 is 1.15 bits per heavy atom. The molecule has 2 atom stereocenters. The van der Waals surface area contributed by atoms with E-state index in [4.69, 9.17) is 0 Å². The molecule has 1 amide bonds. The van der Waals surface area contributed by atoms with E-state index in [1.807, 2.05) is 15.5 Å². The zero-order valence-corrected chi connectivity index (χ0v) is 15.3. The number of aromatic nitrogens is 2. The Hall–Kier alpha value is -2.83. The highest BCUT2D eigenvalue weighted by atomic mass is 16.3. The first kappa shape index (κ1) is 17.6. The molecule has 2 aromatic rings. The molecule has 7 nitrogen and oxygen atoms in total. The molecule has 0 aliphatic carbocycles. The van der Waals surface area contributed by atoms with Crippen molar-refractivity contribution in [3.05, 3.63) is 62.4 Å². The number of amides is 1. The van der Waals surface area contributed by atoms with Gasteiger partial charge in [-0.15, -0.1) is 0 Å². The molecule has 4 rings (SSSR count). The van der Waals surface area contributed by atoms with Gasteiger partial charge in [-0.3, -0.25) is 14.4 Å². The fourth-order valence-electron chi connectivity index (χ4n) is 4.46. The third-order valence-corrected chi connectivity index (χ3v) is 5.70. The molecule has 2 bridgehead atoms. The van der Waals surface area contributed by atoms with Crippen LogP contribution in [0.4, 0.5) is 0 Å². The summed E-state index contributed by atoms with van der Waals surface area (Å²) in [7, 11) is 0. The second-order valence-electron chi connectivity index (χ2n) is 7.59. The van der Waals surface area contributed by atoms with Crippen molar-refractivity contribution in [1.29, 1.82) is 0 Å². The van der Waals surface area contributed by atoms with Crippen molar-refractivity contribution in [3.8, 4) is 5.75 Å². The zero-order chi connectivity index (χ0) is 19.1. The van der Waals surface area contributed by atoms with E-state index in [9.17, 15) is 19.5 Å². The summed E-state index contributed by atoms with van der Waals surface area (Å²) in [6.45, 7) is 3.96. The predicted octanol–water partition coefficient (Wildman–Crippen LogP) is 1.06. The molecule has 7 heteroatoms. The van der Waals surface area contributed by atoms with Gasteiger partial charge in [-0.2, -0.15) is 0 Å². The largest absolute Gasteiger partial charge is 0.508 e. The lowest BCUT2D eigenvalue weighted by atomic mass is 9.83. The Morgan fingerprint density at radius 2 is 1.96 bits per heavy atom. The first-order valence-electron chi connectivity index (χ1n) is 9.30. The van der Waals surface area contributed by atoms with E-state index in [-0.39, 0.29) is 35.1 Å². The second kappa shape index (κ2) is 6.72. The van der Waals surface area contributed by atoms with Crippen LogP contribution in [0.1, 0.15) is 30.1 Å². The smallest absolute Gasteiger partial charge is 0.254 e. The lowest BCUT2D eigenvalue weighted by Gasteiger charge is -2.42. The number of aryl methyl sites for hydroxylation is 1. The minimum atomic E-state index is -0.302. The number of pyridine rings is 2. The summed E-state index contributed by atoms with van der Waals surface area (Å²) in [4.78, 5) is 38.8. The molecule has 0 aromatic carbocycles. The average Bonchev–Trinajstić information content (AvgIpc) is 2.61. The third kappa shape index (κ3) is 3.29. The van der Waals surface area contributed by atoms with Crippen LogP contribution < -0.4 is 11.1 Å². The summed E-state index contributed by atoms with van der Waals surface area (Å²) in [6, 6.07) is 8.04. The fraction of sp³-hybridized carbons (Fsp3) is 0.450.